The number of nitrogens with zero attached hydrogens (tertiary/aromatic N) is 1. The van der Waals surface area contributed by atoms with Crippen molar-refractivity contribution in [2.45, 2.75) is 37.5 Å². The predicted molar refractivity (Wildman–Crippen MR) is 85.9 cm³/mol. The van der Waals surface area contributed by atoms with E-state index in [1.165, 1.54) is 18.2 Å². The second-order valence-electron chi connectivity index (χ2n) is 4.86. The normalized spacial score (nSPS) is 16.9. The Kier molecular flexibility index (Phi) is 5.05. The molecule has 0 atom stereocenters. The molecule has 3 nitrogen and oxygen atoms in total. The Morgan fingerprint density at radius 3 is 2.45 bits per heavy atom. The minimum Gasteiger partial charge on any atom is -0.199 e. The number of hydrogen-bond acceptors (Lipinski definition) is 3. The lowest BCUT2D eigenvalue weighted by Crippen LogP contribution is -2.06. The van der Waals surface area contributed by atoms with Crippen molar-refractivity contribution in [3.63, 3.8) is 0 Å². The summed E-state index contributed by atoms with van der Waals surface area (Å²) in [7, 11) is -3.61. The molecule has 0 heterocycles. The fraction of sp³-hybridized carbons (Fsp3) is 0.400. The number of sulfonamides is 1. The minimum absolute atomic E-state index is 0.256. The van der Waals surface area contributed by atoms with Crippen molar-refractivity contribution in [3.8, 4) is 0 Å². The van der Waals surface area contributed by atoms with E-state index in [1.807, 2.05) is 13.2 Å². The Hall–Kier alpha value is -1.07. The van der Waals surface area contributed by atoms with Crippen molar-refractivity contribution in [1.82, 2.24) is 0 Å². The average molecular weight is 309 g/mol. The van der Waals surface area contributed by atoms with Gasteiger partial charge in [0.15, 0.2) is 0 Å². The third-order valence-corrected chi connectivity index (χ3v) is 5.43. The van der Waals surface area contributed by atoms with Gasteiger partial charge in [0.25, 0.3) is 10.0 Å². The first-order valence-electron chi connectivity index (χ1n) is 6.68. The first-order chi connectivity index (χ1) is 9.53. The van der Waals surface area contributed by atoms with Crippen molar-refractivity contribution < 1.29 is 8.42 Å². The van der Waals surface area contributed by atoms with Crippen LogP contribution in [0.2, 0.25) is 0 Å². The van der Waals surface area contributed by atoms with E-state index in [4.69, 9.17) is 0 Å². The topological polar surface area (TPSA) is 46.5 Å². The molecule has 1 aliphatic rings. The first-order valence-corrected chi connectivity index (χ1v) is 9.34. The molecule has 0 aliphatic heterocycles. The van der Waals surface area contributed by atoms with Crippen LogP contribution in [-0.4, -0.2) is 19.7 Å². The van der Waals surface area contributed by atoms with Crippen molar-refractivity contribution in [1.29, 1.82) is 0 Å². The Morgan fingerprint density at radius 1 is 1.20 bits per heavy atom. The van der Waals surface area contributed by atoms with E-state index >= 15 is 0 Å². The largest absolute Gasteiger partial charge is 0.283 e. The molecule has 0 saturated carbocycles. The number of rotatable bonds is 3. The van der Waals surface area contributed by atoms with Crippen LogP contribution in [0.25, 0.3) is 0 Å². The monoisotopic (exact) mass is 309 g/mol. The number of hydrogen-bond donors (Lipinski definition) is 0. The zero-order valence-corrected chi connectivity index (χ0v) is 13.4. The molecule has 108 valence electrons. The Bertz CT molecular complexity index is 628. The summed E-state index contributed by atoms with van der Waals surface area (Å²) in [4.78, 5) is 0.256. The van der Waals surface area contributed by atoms with Crippen LogP contribution in [0.3, 0.4) is 0 Å². The number of benzene rings is 1. The van der Waals surface area contributed by atoms with Crippen LogP contribution in [0.5, 0.6) is 0 Å². The molecule has 20 heavy (non-hydrogen) atoms. The second-order valence-corrected chi connectivity index (χ2v) is 7.26. The lowest BCUT2D eigenvalue weighted by Gasteiger charge is -2.13. The van der Waals surface area contributed by atoms with Crippen LogP contribution in [-0.2, 0) is 10.0 Å². The van der Waals surface area contributed by atoms with E-state index in [1.54, 1.807) is 24.3 Å². The number of aryl methyl sites for hydroxylation is 1. The van der Waals surface area contributed by atoms with Gasteiger partial charge in [0.1, 0.15) is 5.04 Å². The van der Waals surface area contributed by atoms with Gasteiger partial charge in [0.05, 0.1) is 4.90 Å². The summed E-state index contributed by atoms with van der Waals surface area (Å²) in [5.74, 6) is 0. The second kappa shape index (κ2) is 6.59. The highest BCUT2D eigenvalue weighted by molar-refractivity contribution is 8.14. The van der Waals surface area contributed by atoms with E-state index in [0.717, 1.165) is 30.4 Å². The minimum atomic E-state index is -3.61. The van der Waals surface area contributed by atoms with E-state index in [-0.39, 0.29) is 4.90 Å². The van der Waals surface area contributed by atoms with Crippen LogP contribution in [0.1, 0.15) is 31.2 Å². The molecule has 0 N–H and O–H groups in total. The summed E-state index contributed by atoms with van der Waals surface area (Å²) in [6.07, 6.45) is 8.21. The van der Waals surface area contributed by atoms with Gasteiger partial charge in [0.2, 0.25) is 0 Å². The molecule has 2 rings (SSSR count). The third kappa shape index (κ3) is 3.73. The molecule has 0 saturated heterocycles. The first kappa shape index (κ1) is 15.3. The van der Waals surface area contributed by atoms with Gasteiger partial charge in [-0.15, -0.1) is 11.8 Å². The van der Waals surface area contributed by atoms with Crippen LogP contribution >= 0.6 is 11.8 Å². The van der Waals surface area contributed by atoms with Gasteiger partial charge in [-0.05, 0) is 56.6 Å². The van der Waals surface area contributed by atoms with E-state index in [2.05, 4.69) is 10.5 Å². The highest BCUT2D eigenvalue weighted by Gasteiger charge is 2.17. The van der Waals surface area contributed by atoms with Crippen LogP contribution in [0, 0.1) is 6.92 Å². The van der Waals surface area contributed by atoms with Crippen LogP contribution in [0.15, 0.2) is 45.2 Å². The summed E-state index contributed by atoms with van der Waals surface area (Å²) < 4.78 is 28.7. The lowest BCUT2D eigenvalue weighted by molar-refractivity contribution is 0.598. The molecule has 0 radical (unpaired) electrons. The fourth-order valence-electron chi connectivity index (χ4n) is 2.13. The summed E-state index contributed by atoms with van der Waals surface area (Å²) in [5, 5.41) is 0.630. The van der Waals surface area contributed by atoms with Gasteiger partial charge < -0.3 is 0 Å². The number of allylic oxidation sites excluding steroid dienone is 1. The Morgan fingerprint density at radius 2 is 1.90 bits per heavy atom. The Balaban J connectivity index is 2.35. The maximum Gasteiger partial charge on any atom is 0.283 e. The average Bonchev–Trinajstić information content (AvgIpc) is 2.46. The smallest absolute Gasteiger partial charge is 0.199 e. The molecule has 1 aromatic rings. The molecule has 0 bridgehead atoms. The van der Waals surface area contributed by atoms with Crippen molar-refractivity contribution >= 4 is 26.8 Å². The van der Waals surface area contributed by atoms with Gasteiger partial charge in [-0.3, -0.25) is 0 Å². The van der Waals surface area contributed by atoms with Crippen molar-refractivity contribution in [3.05, 3.63) is 41.5 Å². The lowest BCUT2D eigenvalue weighted by atomic mass is 10.0. The molecule has 1 aromatic carbocycles. The molecule has 0 unspecified atom stereocenters. The Labute approximate surface area is 125 Å². The van der Waals surface area contributed by atoms with Crippen molar-refractivity contribution in [2.75, 3.05) is 6.26 Å². The third-order valence-electron chi connectivity index (χ3n) is 3.28. The van der Waals surface area contributed by atoms with E-state index in [0.29, 0.717) is 5.04 Å². The zero-order valence-electron chi connectivity index (χ0n) is 11.8. The SMILES string of the molecule is CS/C(=N/S(=O)(=O)c1ccc(C)cc1)C1=CCCCC1. The standard InChI is InChI=1S/C15H19NO2S2/c1-12-8-10-14(11-9-12)20(17,18)16-15(19-2)13-6-4-3-5-7-13/h6,8-11H,3-5,7H2,1-2H3/b16-15+. The van der Waals surface area contributed by atoms with E-state index < -0.39 is 10.0 Å². The fourth-order valence-corrected chi connectivity index (χ4v) is 4.09. The van der Waals surface area contributed by atoms with Crippen molar-refractivity contribution in [2.24, 2.45) is 4.40 Å². The number of thioether (sulfide) groups is 1. The van der Waals surface area contributed by atoms with Crippen LogP contribution in [0.4, 0.5) is 0 Å². The zero-order chi connectivity index (χ0) is 14.6. The van der Waals surface area contributed by atoms with Crippen LogP contribution < -0.4 is 0 Å². The molecule has 1 aliphatic carbocycles. The maximum atomic E-state index is 12.3. The van der Waals surface area contributed by atoms with Gasteiger partial charge in [-0.1, -0.05) is 23.8 Å². The summed E-state index contributed by atoms with van der Waals surface area (Å²) >= 11 is 1.40. The molecular weight excluding hydrogens is 290 g/mol. The molecule has 0 amide bonds. The van der Waals surface area contributed by atoms with Gasteiger partial charge in [0, 0.05) is 0 Å². The molecule has 5 heteroatoms. The van der Waals surface area contributed by atoms with Gasteiger partial charge >= 0.3 is 0 Å². The highest BCUT2D eigenvalue weighted by Crippen LogP contribution is 2.25. The summed E-state index contributed by atoms with van der Waals surface area (Å²) in [6.45, 7) is 1.93. The molecule has 0 aromatic heterocycles. The molecule has 0 spiro atoms. The highest BCUT2D eigenvalue weighted by atomic mass is 32.2. The molecular formula is C15H19NO2S2. The van der Waals surface area contributed by atoms with E-state index in [9.17, 15) is 8.42 Å². The predicted octanol–water partition coefficient (Wildman–Crippen LogP) is 3.95. The maximum absolute atomic E-state index is 12.3. The quantitative estimate of drug-likeness (QED) is 0.627. The molecule has 0 fully saturated rings. The summed E-state index contributed by atoms with van der Waals surface area (Å²) in [5.41, 5.74) is 2.10. The summed E-state index contributed by atoms with van der Waals surface area (Å²) in [6, 6.07) is 6.81. The van der Waals surface area contributed by atoms with Gasteiger partial charge in [-0.2, -0.15) is 12.8 Å². The van der Waals surface area contributed by atoms with Gasteiger partial charge in [-0.25, -0.2) is 0 Å².